The van der Waals surface area contributed by atoms with Crippen LogP contribution >= 0.6 is 0 Å². The molecule has 0 aromatic carbocycles. The van der Waals surface area contributed by atoms with Crippen molar-refractivity contribution >= 4 is 20.7 Å². The van der Waals surface area contributed by atoms with Gasteiger partial charge < -0.3 is 23.3 Å². The molecule has 1 N–H and O–H groups in total. The van der Waals surface area contributed by atoms with Crippen molar-refractivity contribution in [2.24, 2.45) is 11.3 Å². The van der Waals surface area contributed by atoms with Gasteiger partial charge in [0, 0.05) is 38.3 Å². The predicted octanol–water partition coefficient (Wildman–Crippen LogP) is 1.91. The summed E-state index contributed by atoms with van der Waals surface area (Å²) >= 11 is 0. The molecule has 1 rings (SSSR count). The Bertz CT molecular complexity index is 455. The minimum Gasteiger partial charge on any atom is -0.468 e. The Morgan fingerprint density at radius 2 is 1.76 bits per heavy atom. The van der Waals surface area contributed by atoms with E-state index in [1.807, 2.05) is 20.8 Å². The average molecular weight is 374 g/mol. The second-order valence-corrected chi connectivity index (χ2v) is 8.58. The molecule has 144 valence electrons. The molecule has 0 aliphatic heterocycles. The highest BCUT2D eigenvalue weighted by Crippen LogP contribution is 2.54. The second-order valence-electron chi connectivity index (χ2n) is 5.85. The lowest BCUT2D eigenvalue weighted by molar-refractivity contribution is -0.152. The standard InChI is InChI=1S/C17H31NO6Si/c1-6-14-13-17(14,16(20)21-5)15(19)18-11-10-12-25(22-7-2,23-8-3)24-9-4/h6,14H,1,7-13H2,2-5H3,(H,18,19). The number of carbonyl (C=O) groups is 2. The van der Waals surface area contributed by atoms with Gasteiger partial charge in [-0.2, -0.15) is 0 Å². The summed E-state index contributed by atoms with van der Waals surface area (Å²) in [6.45, 7) is 11.4. The van der Waals surface area contributed by atoms with Gasteiger partial charge in [-0.15, -0.1) is 6.58 Å². The summed E-state index contributed by atoms with van der Waals surface area (Å²) in [5, 5.41) is 2.83. The average Bonchev–Trinajstić information content (AvgIpc) is 3.34. The molecule has 1 aliphatic rings. The Morgan fingerprint density at radius 1 is 1.20 bits per heavy atom. The zero-order valence-corrected chi connectivity index (χ0v) is 16.8. The van der Waals surface area contributed by atoms with Crippen molar-refractivity contribution in [1.82, 2.24) is 5.32 Å². The van der Waals surface area contributed by atoms with Crippen LogP contribution in [0.1, 0.15) is 33.6 Å². The van der Waals surface area contributed by atoms with E-state index in [4.69, 9.17) is 18.0 Å². The highest BCUT2D eigenvalue weighted by atomic mass is 28.4. The Morgan fingerprint density at radius 3 is 2.16 bits per heavy atom. The van der Waals surface area contributed by atoms with Gasteiger partial charge in [0.05, 0.1) is 7.11 Å². The van der Waals surface area contributed by atoms with Crippen molar-refractivity contribution in [3.8, 4) is 0 Å². The highest BCUT2D eigenvalue weighted by molar-refractivity contribution is 6.60. The Labute approximate surface area is 151 Å². The molecule has 1 saturated carbocycles. The SMILES string of the molecule is C=CC1CC1(C(=O)NCCC[Si](OCC)(OCC)OCC)C(=O)OC. The summed E-state index contributed by atoms with van der Waals surface area (Å²) < 4.78 is 22.1. The van der Waals surface area contributed by atoms with Crippen molar-refractivity contribution < 1.29 is 27.6 Å². The number of nitrogens with one attached hydrogen (secondary N) is 1. The molecule has 0 heterocycles. The van der Waals surface area contributed by atoms with Crippen LogP contribution in [0.2, 0.25) is 6.04 Å². The third kappa shape index (κ3) is 5.13. The van der Waals surface area contributed by atoms with Crippen LogP contribution in [0.5, 0.6) is 0 Å². The molecule has 2 atom stereocenters. The van der Waals surface area contributed by atoms with E-state index in [1.165, 1.54) is 7.11 Å². The van der Waals surface area contributed by atoms with Gasteiger partial charge in [-0.05, 0) is 33.6 Å². The van der Waals surface area contributed by atoms with Gasteiger partial charge in [0.1, 0.15) is 0 Å². The number of amides is 1. The van der Waals surface area contributed by atoms with E-state index in [0.717, 1.165) is 0 Å². The van der Waals surface area contributed by atoms with Crippen molar-refractivity contribution in [3.63, 3.8) is 0 Å². The third-order valence-corrected chi connectivity index (χ3v) is 7.44. The van der Waals surface area contributed by atoms with Crippen molar-refractivity contribution in [1.29, 1.82) is 0 Å². The lowest BCUT2D eigenvalue weighted by Crippen LogP contribution is -2.46. The number of hydrogen-bond acceptors (Lipinski definition) is 6. The van der Waals surface area contributed by atoms with E-state index in [-0.39, 0.29) is 11.8 Å². The minimum atomic E-state index is -2.71. The first-order valence-electron chi connectivity index (χ1n) is 8.87. The van der Waals surface area contributed by atoms with Gasteiger partial charge in [0.15, 0.2) is 5.41 Å². The van der Waals surface area contributed by atoms with E-state index < -0.39 is 20.2 Å². The lowest BCUT2D eigenvalue weighted by Gasteiger charge is -2.28. The number of hydrogen-bond donors (Lipinski definition) is 1. The molecule has 25 heavy (non-hydrogen) atoms. The smallest absolute Gasteiger partial charge is 0.468 e. The fourth-order valence-corrected chi connectivity index (χ4v) is 5.62. The molecule has 0 aromatic heterocycles. The van der Waals surface area contributed by atoms with E-state index >= 15 is 0 Å². The second kappa shape index (κ2) is 10.1. The van der Waals surface area contributed by atoms with Crippen LogP contribution in [0.25, 0.3) is 0 Å². The van der Waals surface area contributed by atoms with E-state index in [2.05, 4.69) is 11.9 Å². The van der Waals surface area contributed by atoms with Gasteiger partial charge in [-0.25, -0.2) is 0 Å². The predicted molar refractivity (Wildman–Crippen MR) is 95.8 cm³/mol. The maximum Gasteiger partial charge on any atom is 0.500 e. The molecule has 0 saturated heterocycles. The summed E-state index contributed by atoms with van der Waals surface area (Å²) in [6.07, 6.45) is 2.73. The van der Waals surface area contributed by atoms with Crippen molar-refractivity contribution in [2.75, 3.05) is 33.5 Å². The maximum absolute atomic E-state index is 12.5. The number of ether oxygens (including phenoxy) is 1. The molecule has 1 fully saturated rings. The number of esters is 1. The van der Waals surface area contributed by atoms with E-state index in [0.29, 0.717) is 45.3 Å². The summed E-state index contributed by atoms with van der Waals surface area (Å²) in [5.74, 6) is -0.971. The zero-order chi connectivity index (χ0) is 18.9. The van der Waals surface area contributed by atoms with Crippen LogP contribution in [0.4, 0.5) is 0 Å². The van der Waals surface area contributed by atoms with Crippen LogP contribution < -0.4 is 5.32 Å². The van der Waals surface area contributed by atoms with Crippen LogP contribution in [0, 0.1) is 11.3 Å². The van der Waals surface area contributed by atoms with Crippen molar-refractivity contribution in [3.05, 3.63) is 12.7 Å². The molecule has 0 spiro atoms. The van der Waals surface area contributed by atoms with E-state index in [9.17, 15) is 9.59 Å². The van der Waals surface area contributed by atoms with Gasteiger partial charge in [0.25, 0.3) is 0 Å². The topological polar surface area (TPSA) is 83.1 Å². The summed E-state index contributed by atoms with van der Waals surface area (Å²) in [7, 11) is -1.41. The quantitative estimate of drug-likeness (QED) is 0.175. The first-order valence-corrected chi connectivity index (χ1v) is 10.8. The Hall–Kier alpha value is -1.22. The minimum absolute atomic E-state index is 0.163. The highest BCUT2D eigenvalue weighted by Gasteiger charge is 2.65. The van der Waals surface area contributed by atoms with Crippen LogP contribution in [0.3, 0.4) is 0 Å². The largest absolute Gasteiger partial charge is 0.500 e. The van der Waals surface area contributed by atoms with Gasteiger partial charge >= 0.3 is 14.8 Å². The molecule has 8 heteroatoms. The molecule has 7 nitrogen and oxygen atoms in total. The van der Waals surface area contributed by atoms with Crippen LogP contribution in [0.15, 0.2) is 12.7 Å². The summed E-state index contributed by atoms with van der Waals surface area (Å²) in [4.78, 5) is 24.4. The lowest BCUT2D eigenvalue weighted by atomic mass is 10.0. The van der Waals surface area contributed by atoms with Crippen LogP contribution in [-0.4, -0.2) is 54.2 Å². The molecule has 0 bridgehead atoms. The van der Waals surface area contributed by atoms with Gasteiger partial charge in [-0.1, -0.05) is 6.08 Å². The number of methoxy groups -OCH3 is 1. The molecular formula is C17H31NO6Si. The Kier molecular flexibility index (Phi) is 8.77. The summed E-state index contributed by atoms with van der Waals surface area (Å²) in [6, 6.07) is 0.610. The molecule has 0 radical (unpaired) electrons. The first-order chi connectivity index (χ1) is 12.0. The zero-order valence-electron chi connectivity index (χ0n) is 15.8. The van der Waals surface area contributed by atoms with Crippen LogP contribution in [-0.2, 0) is 27.6 Å². The molecule has 2 unspecified atom stereocenters. The van der Waals surface area contributed by atoms with Crippen molar-refractivity contribution in [2.45, 2.75) is 39.7 Å². The first kappa shape index (κ1) is 21.8. The fourth-order valence-electron chi connectivity index (χ4n) is 3.01. The maximum atomic E-state index is 12.5. The monoisotopic (exact) mass is 373 g/mol. The summed E-state index contributed by atoms with van der Waals surface area (Å²) in [5.41, 5.74) is -1.11. The molecular weight excluding hydrogens is 342 g/mol. The fraction of sp³-hybridized carbons (Fsp3) is 0.765. The molecule has 1 amide bonds. The Balaban J connectivity index is 2.56. The number of allylic oxidation sites excluding steroid dienone is 1. The normalized spacial score (nSPS) is 22.3. The number of carbonyl (C=O) groups excluding carboxylic acids is 2. The number of rotatable bonds is 13. The third-order valence-electron chi connectivity index (χ3n) is 4.29. The molecule has 0 aromatic rings. The molecule has 1 aliphatic carbocycles. The van der Waals surface area contributed by atoms with Gasteiger partial charge in [0.2, 0.25) is 5.91 Å². The van der Waals surface area contributed by atoms with Gasteiger partial charge in [-0.3, -0.25) is 9.59 Å². The van der Waals surface area contributed by atoms with E-state index in [1.54, 1.807) is 6.08 Å².